The monoisotopic (exact) mass is 337 g/mol. The number of carboxylic acids is 1. The first-order valence-corrected chi connectivity index (χ1v) is 7.81. The van der Waals surface area contributed by atoms with E-state index in [1.807, 2.05) is 17.9 Å². The molecule has 1 fully saturated rings. The minimum Gasteiger partial charge on any atom is -0.478 e. The molecule has 1 aromatic rings. The fourth-order valence-electron chi connectivity index (χ4n) is 2.86. The fourth-order valence-corrected chi connectivity index (χ4v) is 3.10. The van der Waals surface area contributed by atoms with Gasteiger partial charge in [-0.25, -0.2) is 9.59 Å². The summed E-state index contributed by atoms with van der Waals surface area (Å²) in [5, 5.41) is 9.51. The maximum atomic E-state index is 12.3. The Morgan fingerprint density at radius 2 is 2.13 bits per heavy atom. The second kappa shape index (κ2) is 7.62. The number of carbonyl (C=O) groups excluding carboxylic acids is 1. The largest absolute Gasteiger partial charge is 0.478 e. The minimum absolute atomic E-state index is 0.173. The van der Waals surface area contributed by atoms with Gasteiger partial charge in [0.05, 0.1) is 7.11 Å². The van der Waals surface area contributed by atoms with Crippen LogP contribution in [0.25, 0.3) is 0 Å². The Balaban J connectivity index is 2.35. The Kier molecular flexibility index (Phi) is 5.80. The maximum absolute atomic E-state index is 12.3. The number of benzene rings is 1. The van der Waals surface area contributed by atoms with Crippen molar-refractivity contribution in [3.05, 3.63) is 46.5 Å². The number of rotatable bonds is 4. The first kappa shape index (κ1) is 17.5. The lowest BCUT2D eigenvalue weighted by Crippen LogP contribution is -2.41. The molecular formula is C17H20ClNO4. The molecule has 0 bridgehead atoms. The Bertz CT molecular complexity index is 629. The summed E-state index contributed by atoms with van der Waals surface area (Å²) in [4.78, 5) is 25.2. The number of carboxylic acid groups (broad SMARTS) is 1. The van der Waals surface area contributed by atoms with Crippen LogP contribution in [-0.2, 0) is 14.3 Å². The molecule has 0 aromatic heterocycles. The summed E-state index contributed by atoms with van der Waals surface area (Å²) in [7, 11) is 1.34. The van der Waals surface area contributed by atoms with Crippen LogP contribution >= 0.6 is 11.6 Å². The highest BCUT2D eigenvalue weighted by molar-refractivity contribution is 6.31. The van der Waals surface area contributed by atoms with Crippen molar-refractivity contribution in [2.75, 3.05) is 20.2 Å². The van der Waals surface area contributed by atoms with Crippen LogP contribution in [0.2, 0.25) is 5.02 Å². The van der Waals surface area contributed by atoms with Gasteiger partial charge in [-0.3, -0.25) is 4.90 Å². The molecule has 0 radical (unpaired) electrons. The molecule has 0 aliphatic carbocycles. The van der Waals surface area contributed by atoms with E-state index < -0.39 is 18.0 Å². The molecular weight excluding hydrogens is 318 g/mol. The minimum atomic E-state index is -0.971. The highest BCUT2D eigenvalue weighted by Gasteiger charge is 2.34. The van der Waals surface area contributed by atoms with E-state index >= 15 is 0 Å². The van der Waals surface area contributed by atoms with Gasteiger partial charge in [0.1, 0.15) is 6.04 Å². The smallest absolute Gasteiger partial charge is 0.328 e. The average molecular weight is 338 g/mol. The summed E-state index contributed by atoms with van der Waals surface area (Å²) in [6.45, 7) is 3.07. The molecule has 2 atom stereocenters. The third kappa shape index (κ3) is 4.12. The molecule has 1 saturated heterocycles. The van der Waals surface area contributed by atoms with Crippen molar-refractivity contribution in [1.82, 2.24) is 4.90 Å². The van der Waals surface area contributed by atoms with Gasteiger partial charge in [0.15, 0.2) is 0 Å². The second-order valence-electron chi connectivity index (χ2n) is 5.66. The number of nitrogens with zero attached hydrogens (tertiary/aromatic N) is 1. The third-order valence-corrected chi connectivity index (χ3v) is 4.51. The van der Waals surface area contributed by atoms with E-state index in [1.165, 1.54) is 13.2 Å². The standard InChI is InChI=1S/C17H20ClNO4/c1-11-7-8-19(10-12(11)9-15(20)21)16(17(22)23-2)13-5-3-4-6-14(13)18/h3-6,9,11,16H,7-8,10H2,1-2H3,(H,20,21)/b12-9-/t11-,16+/m1/s1. The van der Waals surface area contributed by atoms with Gasteiger partial charge in [0.25, 0.3) is 0 Å². The van der Waals surface area contributed by atoms with Gasteiger partial charge < -0.3 is 9.84 Å². The molecule has 6 heteroatoms. The predicted molar refractivity (Wildman–Crippen MR) is 87.3 cm³/mol. The number of carbonyl (C=O) groups is 2. The molecule has 1 N–H and O–H groups in total. The second-order valence-corrected chi connectivity index (χ2v) is 6.07. The highest BCUT2D eigenvalue weighted by Crippen LogP contribution is 2.33. The third-order valence-electron chi connectivity index (χ3n) is 4.17. The molecule has 2 rings (SSSR count). The van der Waals surface area contributed by atoms with Crippen molar-refractivity contribution >= 4 is 23.5 Å². The number of aliphatic carboxylic acids is 1. The van der Waals surface area contributed by atoms with Crippen molar-refractivity contribution in [3.63, 3.8) is 0 Å². The average Bonchev–Trinajstić information content (AvgIpc) is 2.51. The quantitative estimate of drug-likeness (QED) is 0.676. The molecule has 0 saturated carbocycles. The van der Waals surface area contributed by atoms with Crippen LogP contribution in [0.15, 0.2) is 35.9 Å². The molecule has 1 aliphatic heterocycles. The molecule has 0 amide bonds. The summed E-state index contributed by atoms with van der Waals surface area (Å²) in [6.07, 6.45) is 2.01. The molecule has 5 nitrogen and oxygen atoms in total. The van der Waals surface area contributed by atoms with Gasteiger partial charge in [-0.05, 0) is 29.5 Å². The number of halogens is 1. The van der Waals surface area contributed by atoms with E-state index in [2.05, 4.69) is 0 Å². The van der Waals surface area contributed by atoms with Crippen LogP contribution in [0.3, 0.4) is 0 Å². The molecule has 124 valence electrons. The number of esters is 1. The summed E-state index contributed by atoms with van der Waals surface area (Å²) >= 11 is 6.25. The molecule has 1 heterocycles. The van der Waals surface area contributed by atoms with Crippen LogP contribution in [0.5, 0.6) is 0 Å². The lowest BCUT2D eigenvalue weighted by Gasteiger charge is -2.37. The van der Waals surface area contributed by atoms with Crippen molar-refractivity contribution < 1.29 is 19.4 Å². The van der Waals surface area contributed by atoms with E-state index in [9.17, 15) is 9.59 Å². The number of likely N-dealkylation sites (tertiary alicyclic amines) is 1. The molecule has 0 unspecified atom stereocenters. The Morgan fingerprint density at radius 3 is 2.74 bits per heavy atom. The van der Waals surface area contributed by atoms with E-state index in [1.54, 1.807) is 18.2 Å². The first-order valence-electron chi connectivity index (χ1n) is 7.43. The summed E-state index contributed by atoms with van der Waals surface area (Å²) in [6, 6.07) is 6.50. The van der Waals surface area contributed by atoms with Crippen molar-refractivity contribution in [2.45, 2.75) is 19.4 Å². The zero-order valence-corrected chi connectivity index (χ0v) is 13.9. The number of hydrogen-bond acceptors (Lipinski definition) is 4. The Hall–Kier alpha value is -1.85. The van der Waals surface area contributed by atoms with Gasteiger partial charge in [-0.15, -0.1) is 0 Å². The van der Waals surface area contributed by atoms with Gasteiger partial charge in [-0.1, -0.05) is 36.7 Å². The normalized spacial score (nSPS) is 21.9. The van der Waals surface area contributed by atoms with E-state index in [4.69, 9.17) is 21.4 Å². The highest BCUT2D eigenvalue weighted by atomic mass is 35.5. The number of piperidine rings is 1. The lowest BCUT2D eigenvalue weighted by molar-refractivity contribution is -0.147. The van der Waals surface area contributed by atoms with Crippen molar-refractivity contribution in [2.24, 2.45) is 5.92 Å². The first-order chi connectivity index (χ1) is 10.9. The van der Waals surface area contributed by atoms with Gasteiger partial charge in [0.2, 0.25) is 0 Å². The zero-order valence-electron chi connectivity index (χ0n) is 13.2. The SMILES string of the molecule is COC(=O)[C@H](c1ccccc1Cl)N1CC[C@@H](C)/C(=C\C(=O)O)C1. The molecule has 23 heavy (non-hydrogen) atoms. The topological polar surface area (TPSA) is 66.8 Å². The zero-order chi connectivity index (χ0) is 17.0. The van der Waals surface area contributed by atoms with Crippen molar-refractivity contribution in [1.29, 1.82) is 0 Å². The molecule has 1 aliphatic rings. The molecule has 0 spiro atoms. The predicted octanol–water partition coefficient (Wildman–Crippen LogP) is 2.91. The van der Waals surface area contributed by atoms with E-state index in [0.29, 0.717) is 23.7 Å². The Morgan fingerprint density at radius 1 is 1.43 bits per heavy atom. The summed E-state index contributed by atoms with van der Waals surface area (Å²) in [5.41, 5.74) is 1.47. The number of methoxy groups -OCH3 is 1. The van der Waals surface area contributed by atoms with Crippen LogP contribution < -0.4 is 0 Å². The number of hydrogen-bond donors (Lipinski definition) is 1. The van der Waals surface area contributed by atoms with Crippen LogP contribution in [-0.4, -0.2) is 42.1 Å². The van der Waals surface area contributed by atoms with Gasteiger partial charge in [0, 0.05) is 24.2 Å². The lowest BCUT2D eigenvalue weighted by atomic mass is 9.90. The van der Waals surface area contributed by atoms with Crippen molar-refractivity contribution in [3.8, 4) is 0 Å². The van der Waals surface area contributed by atoms with Crippen LogP contribution in [0.1, 0.15) is 24.9 Å². The van der Waals surface area contributed by atoms with Gasteiger partial charge in [-0.2, -0.15) is 0 Å². The fraction of sp³-hybridized carbons (Fsp3) is 0.412. The van der Waals surface area contributed by atoms with Gasteiger partial charge >= 0.3 is 11.9 Å². The Labute approximate surface area is 140 Å². The van der Waals surface area contributed by atoms with Crippen LogP contribution in [0, 0.1) is 5.92 Å². The van der Waals surface area contributed by atoms with E-state index in [-0.39, 0.29) is 5.92 Å². The van der Waals surface area contributed by atoms with E-state index in [0.717, 1.165) is 12.0 Å². The summed E-state index contributed by atoms with van der Waals surface area (Å²) < 4.78 is 4.94. The number of ether oxygens (including phenoxy) is 1. The molecule has 1 aromatic carbocycles. The van der Waals surface area contributed by atoms with Crippen LogP contribution in [0.4, 0.5) is 0 Å². The maximum Gasteiger partial charge on any atom is 0.328 e. The summed E-state index contributed by atoms with van der Waals surface area (Å²) in [5.74, 6) is -1.20.